The van der Waals surface area contributed by atoms with E-state index < -0.39 is 6.04 Å². The van der Waals surface area contributed by atoms with Crippen molar-refractivity contribution in [1.82, 2.24) is 15.5 Å². The standard InChI is InChI=1S/C28H39N3O4/c1-28(2)13-5-6-18(15-28)16-29-22-7-3-4-8-24(22)35-20-9-10-21-19(14-20)17-31(27(21)34)23-11-12-25(32)30-26(23)33/h9-10,14,18,22-24,29H,3-8,11-13,15-17H2,1-2H3,(H,30,32,33)/t18?,22-,23?,24-/m0/s1. The Balaban J connectivity index is 1.21. The van der Waals surface area contributed by atoms with E-state index in [9.17, 15) is 14.4 Å². The van der Waals surface area contributed by atoms with Crippen LogP contribution in [0.5, 0.6) is 5.75 Å². The lowest BCUT2D eigenvalue weighted by Gasteiger charge is -2.38. The van der Waals surface area contributed by atoms with Gasteiger partial charge in [-0.25, -0.2) is 0 Å². The van der Waals surface area contributed by atoms with Crippen molar-refractivity contribution < 1.29 is 19.1 Å². The zero-order chi connectivity index (χ0) is 24.6. The topological polar surface area (TPSA) is 87.7 Å². The summed E-state index contributed by atoms with van der Waals surface area (Å²) in [6.45, 7) is 6.23. The molecule has 2 aliphatic heterocycles. The Morgan fingerprint density at radius 2 is 1.91 bits per heavy atom. The fourth-order valence-electron chi connectivity index (χ4n) is 6.62. The monoisotopic (exact) mass is 481 g/mol. The third-order valence-corrected chi connectivity index (χ3v) is 8.46. The average Bonchev–Trinajstić information content (AvgIpc) is 3.13. The largest absolute Gasteiger partial charge is 0.489 e. The second kappa shape index (κ2) is 9.92. The van der Waals surface area contributed by atoms with Gasteiger partial charge in [0.1, 0.15) is 17.9 Å². The molecule has 0 radical (unpaired) electrons. The minimum absolute atomic E-state index is 0.127. The van der Waals surface area contributed by atoms with Gasteiger partial charge in [0.05, 0.1) is 0 Å². The molecule has 1 aromatic rings. The van der Waals surface area contributed by atoms with Crippen molar-refractivity contribution in [3.63, 3.8) is 0 Å². The van der Waals surface area contributed by atoms with Crippen LogP contribution in [0.2, 0.25) is 0 Å². The SMILES string of the molecule is CC1(C)CCCC(CN[C@H]2CCCC[C@@H]2Oc2ccc3c(c2)CN(C2CCC(=O)NC2=O)C3=O)C1. The number of benzene rings is 1. The van der Waals surface area contributed by atoms with Gasteiger partial charge in [0.25, 0.3) is 5.91 Å². The molecule has 3 fully saturated rings. The molecule has 4 atom stereocenters. The second-order valence-corrected chi connectivity index (χ2v) is 11.8. The Kier molecular flexibility index (Phi) is 6.88. The van der Waals surface area contributed by atoms with Crippen LogP contribution in [-0.2, 0) is 16.1 Å². The van der Waals surface area contributed by atoms with Gasteiger partial charge in [-0.15, -0.1) is 0 Å². The number of nitrogens with one attached hydrogen (secondary N) is 2. The molecule has 3 amide bonds. The van der Waals surface area contributed by atoms with E-state index in [0.717, 1.165) is 36.6 Å². The Hall–Kier alpha value is -2.41. The first kappa shape index (κ1) is 24.3. The van der Waals surface area contributed by atoms with Crippen LogP contribution in [0.1, 0.15) is 94.0 Å². The van der Waals surface area contributed by atoms with Crippen molar-refractivity contribution >= 4 is 17.7 Å². The van der Waals surface area contributed by atoms with Crippen molar-refractivity contribution in [1.29, 1.82) is 0 Å². The van der Waals surface area contributed by atoms with Crippen LogP contribution >= 0.6 is 0 Å². The normalized spacial score (nSPS) is 30.7. The molecular formula is C28H39N3O4. The second-order valence-electron chi connectivity index (χ2n) is 11.8. The number of hydrogen-bond acceptors (Lipinski definition) is 5. The van der Waals surface area contributed by atoms with E-state index >= 15 is 0 Å². The fourth-order valence-corrected chi connectivity index (χ4v) is 6.62. The molecule has 35 heavy (non-hydrogen) atoms. The summed E-state index contributed by atoms with van der Waals surface area (Å²) in [6, 6.07) is 5.44. The van der Waals surface area contributed by atoms with Crippen LogP contribution in [0.25, 0.3) is 0 Å². The Labute approximate surface area is 208 Å². The van der Waals surface area contributed by atoms with Crippen LogP contribution in [-0.4, -0.2) is 47.4 Å². The van der Waals surface area contributed by atoms with Gasteiger partial charge in [-0.05, 0) is 86.6 Å². The van der Waals surface area contributed by atoms with Crippen molar-refractivity contribution in [2.75, 3.05) is 6.54 Å². The molecule has 0 spiro atoms. The van der Waals surface area contributed by atoms with Crippen LogP contribution in [0, 0.1) is 11.3 Å². The summed E-state index contributed by atoms with van der Waals surface area (Å²) >= 11 is 0. The third kappa shape index (κ3) is 5.40. The number of piperidine rings is 1. The molecule has 1 saturated heterocycles. The molecular weight excluding hydrogens is 442 g/mol. The van der Waals surface area contributed by atoms with Crippen molar-refractivity contribution in [2.24, 2.45) is 11.3 Å². The number of ether oxygens (including phenoxy) is 1. The van der Waals surface area contributed by atoms with E-state index in [1.807, 2.05) is 18.2 Å². The molecule has 2 saturated carbocycles. The zero-order valence-corrected chi connectivity index (χ0v) is 21.1. The van der Waals surface area contributed by atoms with E-state index in [0.29, 0.717) is 30.0 Å². The first-order valence-corrected chi connectivity index (χ1v) is 13.5. The zero-order valence-electron chi connectivity index (χ0n) is 21.1. The number of carbonyl (C=O) groups is 3. The highest BCUT2D eigenvalue weighted by Crippen LogP contribution is 2.38. The van der Waals surface area contributed by atoms with Crippen LogP contribution in [0.3, 0.4) is 0 Å². The lowest BCUT2D eigenvalue weighted by Crippen LogP contribution is -2.52. The van der Waals surface area contributed by atoms with E-state index in [1.54, 1.807) is 4.90 Å². The lowest BCUT2D eigenvalue weighted by molar-refractivity contribution is -0.136. The van der Waals surface area contributed by atoms with Gasteiger partial charge in [0.15, 0.2) is 0 Å². The summed E-state index contributed by atoms with van der Waals surface area (Å²) in [5, 5.41) is 6.22. The number of fused-ring (bicyclic) bond motifs is 1. The highest BCUT2D eigenvalue weighted by Gasteiger charge is 2.39. The third-order valence-electron chi connectivity index (χ3n) is 8.46. The van der Waals surface area contributed by atoms with Gasteiger partial charge < -0.3 is 15.0 Å². The molecule has 2 N–H and O–H groups in total. The fraction of sp³-hybridized carbons (Fsp3) is 0.679. The summed E-state index contributed by atoms with van der Waals surface area (Å²) in [6.07, 6.45) is 10.6. The maximum absolute atomic E-state index is 13.0. The number of amides is 3. The number of hydrogen-bond donors (Lipinski definition) is 2. The van der Waals surface area contributed by atoms with Gasteiger partial charge in [0, 0.05) is 24.6 Å². The molecule has 190 valence electrons. The smallest absolute Gasteiger partial charge is 0.255 e. The number of carbonyl (C=O) groups excluding carboxylic acids is 3. The molecule has 7 heteroatoms. The first-order chi connectivity index (χ1) is 16.8. The quantitative estimate of drug-likeness (QED) is 0.601. The average molecular weight is 482 g/mol. The maximum Gasteiger partial charge on any atom is 0.255 e. The number of imide groups is 1. The summed E-state index contributed by atoms with van der Waals surface area (Å²) < 4.78 is 6.51. The molecule has 4 aliphatic rings. The van der Waals surface area contributed by atoms with Gasteiger partial charge in [-0.3, -0.25) is 19.7 Å². The minimum atomic E-state index is -0.589. The minimum Gasteiger partial charge on any atom is -0.489 e. The highest BCUT2D eigenvalue weighted by molar-refractivity contribution is 6.05. The first-order valence-electron chi connectivity index (χ1n) is 13.5. The Morgan fingerprint density at radius 1 is 1.09 bits per heavy atom. The Morgan fingerprint density at radius 3 is 2.71 bits per heavy atom. The summed E-state index contributed by atoms with van der Waals surface area (Å²) in [5.41, 5.74) is 1.97. The molecule has 7 nitrogen and oxygen atoms in total. The van der Waals surface area contributed by atoms with Crippen molar-refractivity contribution in [3.8, 4) is 5.75 Å². The number of rotatable bonds is 6. The van der Waals surface area contributed by atoms with Crippen molar-refractivity contribution in [2.45, 2.75) is 103 Å². The molecule has 1 aromatic carbocycles. The van der Waals surface area contributed by atoms with Crippen molar-refractivity contribution in [3.05, 3.63) is 29.3 Å². The molecule has 0 aromatic heterocycles. The molecule has 0 bridgehead atoms. The predicted molar refractivity (Wildman–Crippen MR) is 133 cm³/mol. The molecule has 2 aliphatic carbocycles. The van der Waals surface area contributed by atoms with Crippen LogP contribution in [0.15, 0.2) is 18.2 Å². The van der Waals surface area contributed by atoms with E-state index in [4.69, 9.17) is 4.74 Å². The van der Waals surface area contributed by atoms with Gasteiger partial charge in [-0.2, -0.15) is 0 Å². The molecule has 5 rings (SSSR count). The van der Waals surface area contributed by atoms with Gasteiger partial charge in [-0.1, -0.05) is 26.7 Å². The van der Waals surface area contributed by atoms with Gasteiger partial charge >= 0.3 is 0 Å². The summed E-state index contributed by atoms with van der Waals surface area (Å²) in [4.78, 5) is 38.4. The van der Waals surface area contributed by atoms with Crippen LogP contribution < -0.4 is 15.4 Å². The van der Waals surface area contributed by atoms with E-state index in [2.05, 4.69) is 24.5 Å². The van der Waals surface area contributed by atoms with E-state index in [1.165, 1.54) is 38.5 Å². The molecule has 2 unspecified atom stereocenters. The number of nitrogens with zero attached hydrogens (tertiary/aromatic N) is 1. The van der Waals surface area contributed by atoms with Crippen LogP contribution in [0.4, 0.5) is 0 Å². The lowest BCUT2D eigenvalue weighted by atomic mass is 9.72. The maximum atomic E-state index is 13.0. The predicted octanol–water partition coefficient (Wildman–Crippen LogP) is 3.94. The van der Waals surface area contributed by atoms with Gasteiger partial charge in [0.2, 0.25) is 11.8 Å². The summed E-state index contributed by atoms with van der Waals surface area (Å²) in [7, 11) is 0. The Bertz CT molecular complexity index is 990. The highest BCUT2D eigenvalue weighted by atomic mass is 16.5. The summed E-state index contributed by atoms with van der Waals surface area (Å²) in [5.74, 6) is 0.740. The molecule has 2 heterocycles. The van der Waals surface area contributed by atoms with E-state index in [-0.39, 0.29) is 30.2 Å².